The van der Waals surface area contributed by atoms with Gasteiger partial charge in [-0.05, 0) is 42.5 Å². The van der Waals surface area contributed by atoms with E-state index in [-0.39, 0.29) is 22.0 Å². The van der Waals surface area contributed by atoms with E-state index in [1.165, 1.54) is 43.7 Å². The molecule has 0 unspecified atom stereocenters. The molecule has 29 heavy (non-hydrogen) atoms. The van der Waals surface area contributed by atoms with E-state index in [4.69, 9.17) is 16.9 Å². The quantitative estimate of drug-likeness (QED) is 0.668. The average molecular weight is 428 g/mol. The molecule has 1 heterocycles. The molecule has 0 aliphatic heterocycles. The van der Waals surface area contributed by atoms with E-state index in [1.54, 1.807) is 24.3 Å². The van der Waals surface area contributed by atoms with Crippen LogP contribution in [0.5, 0.6) is 0 Å². The Labute approximate surface area is 172 Å². The number of hydrogen-bond donors (Lipinski definition) is 1. The van der Waals surface area contributed by atoms with Crippen LogP contribution in [0.2, 0.25) is 5.02 Å². The summed E-state index contributed by atoms with van der Waals surface area (Å²) in [5, 5.41) is 11.7. The normalized spacial score (nSPS) is 10.8. The zero-order valence-corrected chi connectivity index (χ0v) is 16.6. The first-order chi connectivity index (χ1) is 13.8. The third-order valence-corrected chi connectivity index (χ3v) is 5.98. The van der Waals surface area contributed by atoms with Crippen molar-refractivity contribution in [3.63, 3.8) is 0 Å². The lowest BCUT2D eigenvalue weighted by atomic mass is 10.2. The Morgan fingerprint density at radius 3 is 2.41 bits per heavy atom. The monoisotopic (exact) mass is 427 g/mol. The molecular weight excluding hydrogens is 414 g/mol. The summed E-state index contributed by atoms with van der Waals surface area (Å²) in [6, 6.07) is 13.8. The van der Waals surface area contributed by atoms with E-state index in [2.05, 4.69) is 15.3 Å². The van der Waals surface area contributed by atoms with Crippen molar-refractivity contribution in [1.29, 1.82) is 5.26 Å². The molecule has 0 saturated heterocycles. The second-order valence-corrected chi connectivity index (χ2v) is 8.24. The van der Waals surface area contributed by atoms with Crippen molar-refractivity contribution in [3.8, 4) is 6.07 Å². The van der Waals surface area contributed by atoms with E-state index in [0.717, 1.165) is 4.31 Å². The van der Waals surface area contributed by atoms with Crippen molar-refractivity contribution < 1.29 is 13.2 Å². The number of hydrogen-bond acceptors (Lipinski definition) is 6. The third kappa shape index (κ3) is 4.51. The highest BCUT2D eigenvalue weighted by atomic mass is 35.5. The van der Waals surface area contributed by atoms with E-state index in [9.17, 15) is 13.2 Å². The number of aromatic nitrogens is 2. The maximum Gasteiger partial charge on any atom is 0.264 e. The van der Waals surface area contributed by atoms with Crippen molar-refractivity contribution in [3.05, 3.63) is 77.1 Å². The van der Waals surface area contributed by atoms with Crippen molar-refractivity contribution in [2.45, 2.75) is 4.90 Å². The topological polar surface area (TPSA) is 116 Å². The van der Waals surface area contributed by atoms with E-state index < -0.39 is 15.9 Å². The second kappa shape index (κ2) is 8.26. The van der Waals surface area contributed by atoms with Gasteiger partial charge in [-0.2, -0.15) is 5.26 Å². The lowest BCUT2D eigenvalue weighted by Crippen LogP contribution is -2.26. The molecule has 1 amide bonds. The van der Waals surface area contributed by atoms with Crippen LogP contribution in [-0.2, 0) is 10.0 Å². The van der Waals surface area contributed by atoms with Crippen molar-refractivity contribution in [2.24, 2.45) is 0 Å². The number of nitriles is 1. The van der Waals surface area contributed by atoms with Crippen molar-refractivity contribution in [2.75, 3.05) is 16.7 Å². The minimum absolute atomic E-state index is 0.000502. The third-order valence-electron chi connectivity index (χ3n) is 3.95. The minimum Gasteiger partial charge on any atom is -0.290 e. The summed E-state index contributed by atoms with van der Waals surface area (Å²) in [7, 11) is -2.49. The van der Waals surface area contributed by atoms with Crippen LogP contribution in [0.25, 0.3) is 0 Å². The predicted molar refractivity (Wildman–Crippen MR) is 108 cm³/mol. The molecule has 0 aliphatic rings. The average Bonchev–Trinajstić information content (AvgIpc) is 2.74. The largest absolute Gasteiger partial charge is 0.290 e. The summed E-state index contributed by atoms with van der Waals surface area (Å²) < 4.78 is 27.0. The predicted octanol–water partition coefficient (Wildman–Crippen LogP) is 3.08. The number of halogens is 1. The van der Waals surface area contributed by atoms with Gasteiger partial charge in [-0.1, -0.05) is 17.7 Å². The standard InChI is InChI=1S/C19H14ClN5O3S/c1-25(16-7-5-15(20)6-8-16)29(27,28)17-4-2-3-14(9-17)18(26)24-19-22-11-13(10-21)12-23-19/h2-9,11-12H,1H3,(H,22,23,24,26). The number of nitrogens with one attached hydrogen (secondary N) is 1. The van der Waals surface area contributed by atoms with E-state index >= 15 is 0 Å². The van der Waals surface area contributed by atoms with Gasteiger partial charge in [-0.15, -0.1) is 0 Å². The number of nitrogens with zero attached hydrogens (tertiary/aromatic N) is 4. The van der Waals surface area contributed by atoms with Crippen LogP contribution < -0.4 is 9.62 Å². The number of benzene rings is 2. The first-order valence-corrected chi connectivity index (χ1v) is 10.0. The van der Waals surface area contributed by atoms with Gasteiger partial charge in [0.05, 0.1) is 28.5 Å². The summed E-state index contributed by atoms with van der Waals surface area (Å²) in [6.45, 7) is 0. The molecule has 0 spiro atoms. The van der Waals surface area contributed by atoms with Crippen LogP contribution in [-0.4, -0.2) is 31.3 Å². The van der Waals surface area contributed by atoms with Gasteiger partial charge in [0.1, 0.15) is 6.07 Å². The summed E-state index contributed by atoms with van der Waals surface area (Å²) in [6.07, 6.45) is 2.54. The molecule has 0 aliphatic carbocycles. The zero-order chi connectivity index (χ0) is 21.0. The first kappa shape index (κ1) is 20.3. The highest BCUT2D eigenvalue weighted by molar-refractivity contribution is 7.92. The molecule has 8 nitrogen and oxygen atoms in total. The maximum absolute atomic E-state index is 12.9. The SMILES string of the molecule is CN(c1ccc(Cl)cc1)S(=O)(=O)c1cccc(C(=O)Nc2ncc(C#N)cn2)c1. The Morgan fingerprint density at radius 2 is 1.79 bits per heavy atom. The summed E-state index contributed by atoms with van der Waals surface area (Å²) >= 11 is 5.85. The fourth-order valence-electron chi connectivity index (χ4n) is 2.37. The van der Waals surface area contributed by atoms with Gasteiger partial charge in [0.25, 0.3) is 15.9 Å². The summed E-state index contributed by atoms with van der Waals surface area (Å²) in [4.78, 5) is 20.1. The van der Waals surface area contributed by atoms with Crippen LogP contribution >= 0.6 is 11.6 Å². The Morgan fingerprint density at radius 1 is 1.14 bits per heavy atom. The molecule has 1 N–H and O–H groups in total. The molecule has 0 atom stereocenters. The minimum atomic E-state index is -3.90. The molecular formula is C19H14ClN5O3S. The fraction of sp³-hybridized carbons (Fsp3) is 0.0526. The van der Waals surface area contributed by atoms with Gasteiger partial charge in [-0.3, -0.25) is 14.4 Å². The van der Waals surface area contributed by atoms with Crippen molar-refractivity contribution in [1.82, 2.24) is 9.97 Å². The van der Waals surface area contributed by atoms with Crippen molar-refractivity contribution >= 4 is 39.2 Å². The van der Waals surface area contributed by atoms with Crippen LogP contribution in [0, 0.1) is 11.3 Å². The van der Waals surface area contributed by atoms with Gasteiger partial charge in [0.2, 0.25) is 5.95 Å². The summed E-state index contributed by atoms with van der Waals surface area (Å²) in [5.41, 5.74) is 0.792. The molecule has 10 heteroatoms. The van der Waals surface area contributed by atoms with Gasteiger partial charge in [0, 0.05) is 17.6 Å². The molecule has 146 valence electrons. The number of anilines is 2. The Hall–Kier alpha value is -3.48. The Bertz CT molecular complexity index is 1190. The number of carbonyl (C=O) groups excluding carboxylic acids is 1. The lowest BCUT2D eigenvalue weighted by Gasteiger charge is -2.20. The summed E-state index contributed by atoms with van der Waals surface area (Å²) in [5.74, 6) is -0.582. The molecule has 1 aromatic heterocycles. The molecule has 3 aromatic rings. The first-order valence-electron chi connectivity index (χ1n) is 8.19. The molecule has 0 radical (unpaired) electrons. The molecule has 3 rings (SSSR count). The fourth-order valence-corrected chi connectivity index (χ4v) is 3.74. The second-order valence-electron chi connectivity index (χ2n) is 5.84. The highest BCUT2D eigenvalue weighted by Crippen LogP contribution is 2.24. The number of rotatable bonds is 5. The zero-order valence-electron chi connectivity index (χ0n) is 15.1. The lowest BCUT2D eigenvalue weighted by molar-refractivity contribution is 0.102. The molecule has 2 aromatic carbocycles. The van der Waals surface area contributed by atoms with Crippen LogP contribution in [0.3, 0.4) is 0 Å². The van der Waals surface area contributed by atoms with Crippen LogP contribution in [0.1, 0.15) is 15.9 Å². The number of carbonyl (C=O) groups is 1. The number of sulfonamides is 1. The van der Waals surface area contributed by atoms with Gasteiger partial charge < -0.3 is 0 Å². The van der Waals surface area contributed by atoms with Crippen LogP contribution in [0.15, 0.2) is 65.8 Å². The highest BCUT2D eigenvalue weighted by Gasteiger charge is 2.22. The van der Waals surface area contributed by atoms with Gasteiger partial charge >= 0.3 is 0 Å². The molecule has 0 bridgehead atoms. The molecule has 0 fully saturated rings. The van der Waals surface area contributed by atoms with Gasteiger partial charge in [0.15, 0.2) is 0 Å². The Kier molecular flexibility index (Phi) is 5.77. The van der Waals surface area contributed by atoms with E-state index in [1.807, 2.05) is 6.07 Å². The number of amides is 1. The van der Waals surface area contributed by atoms with Gasteiger partial charge in [-0.25, -0.2) is 18.4 Å². The van der Waals surface area contributed by atoms with E-state index in [0.29, 0.717) is 10.7 Å². The smallest absolute Gasteiger partial charge is 0.264 e. The maximum atomic E-state index is 12.9. The Balaban J connectivity index is 1.84. The molecule has 0 saturated carbocycles. The van der Waals surface area contributed by atoms with Crippen LogP contribution in [0.4, 0.5) is 11.6 Å².